The molecule has 1 amide bonds. The first-order valence-corrected chi connectivity index (χ1v) is 7.01. The van der Waals surface area contributed by atoms with Crippen molar-refractivity contribution in [1.29, 1.82) is 0 Å². The van der Waals surface area contributed by atoms with Crippen LogP contribution in [-0.4, -0.2) is 12.5 Å². The van der Waals surface area contributed by atoms with E-state index in [2.05, 4.69) is 5.32 Å². The highest BCUT2D eigenvalue weighted by Crippen LogP contribution is 2.20. The van der Waals surface area contributed by atoms with Crippen molar-refractivity contribution >= 4 is 28.9 Å². The van der Waals surface area contributed by atoms with Gasteiger partial charge in [0.2, 0.25) is 0 Å². The molecule has 4 nitrogen and oxygen atoms in total. The number of nitrogen functional groups attached to an aromatic ring is 1. The molecule has 3 N–H and O–H groups in total. The van der Waals surface area contributed by atoms with E-state index in [1.165, 1.54) is 0 Å². The Labute approximate surface area is 128 Å². The van der Waals surface area contributed by atoms with E-state index >= 15 is 0 Å². The third-order valence-electron chi connectivity index (χ3n) is 2.91. The second-order valence-corrected chi connectivity index (χ2v) is 4.96. The monoisotopic (exact) mass is 304 g/mol. The van der Waals surface area contributed by atoms with E-state index in [1.54, 1.807) is 18.2 Å². The minimum absolute atomic E-state index is 0.256. The summed E-state index contributed by atoms with van der Waals surface area (Å²) < 4.78 is 5.39. The molecule has 0 bridgehead atoms. The second kappa shape index (κ2) is 7.11. The van der Waals surface area contributed by atoms with Crippen molar-refractivity contribution in [1.82, 2.24) is 0 Å². The van der Waals surface area contributed by atoms with Crippen molar-refractivity contribution in [3.05, 3.63) is 58.6 Å². The van der Waals surface area contributed by atoms with E-state index in [9.17, 15) is 4.79 Å². The fourth-order valence-electron chi connectivity index (χ4n) is 1.92. The molecular formula is C16H17ClN2O2. The van der Waals surface area contributed by atoms with E-state index in [1.807, 2.05) is 31.2 Å². The van der Waals surface area contributed by atoms with Crippen LogP contribution < -0.4 is 11.1 Å². The highest BCUT2D eigenvalue weighted by molar-refractivity contribution is 6.31. The van der Waals surface area contributed by atoms with Gasteiger partial charge in [-0.3, -0.25) is 4.79 Å². The molecule has 0 radical (unpaired) electrons. The zero-order valence-corrected chi connectivity index (χ0v) is 12.5. The van der Waals surface area contributed by atoms with Crippen LogP contribution in [0.5, 0.6) is 0 Å². The Bertz CT molecular complexity index is 624. The first-order valence-electron chi connectivity index (χ1n) is 6.63. The summed E-state index contributed by atoms with van der Waals surface area (Å²) in [5, 5.41) is 3.29. The van der Waals surface area contributed by atoms with Crippen LogP contribution in [0.2, 0.25) is 5.02 Å². The van der Waals surface area contributed by atoms with Crippen molar-refractivity contribution in [2.75, 3.05) is 17.7 Å². The minimum Gasteiger partial charge on any atom is -0.399 e. The van der Waals surface area contributed by atoms with Gasteiger partial charge in [0.25, 0.3) is 5.91 Å². The van der Waals surface area contributed by atoms with E-state index < -0.39 is 0 Å². The van der Waals surface area contributed by atoms with Crippen LogP contribution in [0.15, 0.2) is 42.5 Å². The smallest absolute Gasteiger partial charge is 0.255 e. The molecule has 0 aliphatic carbocycles. The third kappa shape index (κ3) is 4.21. The van der Waals surface area contributed by atoms with Gasteiger partial charge in [0.15, 0.2) is 0 Å². The van der Waals surface area contributed by atoms with Crippen molar-refractivity contribution in [2.45, 2.75) is 13.5 Å². The van der Waals surface area contributed by atoms with Gasteiger partial charge in [-0.1, -0.05) is 29.8 Å². The Morgan fingerprint density at radius 3 is 2.76 bits per heavy atom. The number of rotatable bonds is 5. The number of amides is 1. The number of hydrogen-bond acceptors (Lipinski definition) is 3. The van der Waals surface area contributed by atoms with Gasteiger partial charge < -0.3 is 15.8 Å². The second-order valence-electron chi connectivity index (χ2n) is 4.52. The number of para-hydroxylation sites is 1. The van der Waals surface area contributed by atoms with Gasteiger partial charge in [-0.25, -0.2) is 0 Å². The summed E-state index contributed by atoms with van der Waals surface area (Å²) >= 11 is 5.92. The largest absolute Gasteiger partial charge is 0.399 e. The fourth-order valence-corrected chi connectivity index (χ4v) is 2.16. The molecule has 2 aromatic rings. The van der Waals surface area contributed by atoms with Crippen LogP contribution in [0, 0.1) is 0 Å². The Hall–Kier alpha value is -2.04. The third-order valence-corrected chi connectivity index (χ3v) is 3.13. The molecule has 5 heteroatoms. The maximum atomic E-state index is 12.3. The number of halogens is 1. The van der Waals surface area contributed by atoms with E-state index in [0.29, 0.717) is 29.5 Å². The van der Waals surface area contributed by atoms with Gasteiger partial charge in [0.05, 0.1) is 6.61 Å². The van der Waals surface area contributed by atoms with E-state index in [0.717, 1.165) is 11.3 Å². The molecular weight excluding hydrogens is 288 g/mol. The lowest BCUT2D eigenvalue weighted by Crippen LogP contribution is -2.14. The first-order chi connectivity index (χ1) is 10.1. The molecule has 110 valence electrons. The number of nitrogens with one attached hydrogen (secondary N) is 1. The van der Waals surface area contributed by atoms with Crippen molar-refractivity contribution in [3.8, 4) is 0 Å². The lowest BCUT2D eigenvalue weighted by atomic mass is 10.1. The molecule has 21 heavy (non-hydrogen) atoms. The molecule has 0 aliphatic rings. The van der Waals surface area contributed by atoms with Gasteiger partial charge in [0.1, 0.15) is 0 Å². The molecule has 0 aromatic heterocycles. The van der Waals surface area contributed by atoms with Crippen molar-refractivity contribution in [2.24, 2.45) is 0 Å². The number of carbonyl (C=O) groups is 1. The number of benzene rings is 2. The van der Waals surface area contributed by atoms with E-state index in [-0.39, 0.29) is 5.91 Å². The Kier molecular flexibility index (Phi) is 5.20. The zero-order chi connectivity index (χ0) is 15.2. The average Bonchev–Trinajstić information content (AvgIpc) is 2.45. The van der Waals surface area contributed by atoms with Crippen LogP contribution in [0.4, 0.5) is 11.4 Å². The molecule has 0 spiro atoms. The minimum atomic E-state index is -0.256. The van der Waals surface area contributed by atoms with Crippen LogP contribution in [0.25, 0.3) is 0 Å². The maximum Gasteiger partial charge on any atom is 0.255 e. The fraction of sp³-hybridized carbons (Fsp3) is 0.188. The summed E-state index contributed by atoms with van der Waals surface area (Å²) in [6.45, 7) is 2.99. The average molecular weight is 305 g/mol. The normalized spacial score (nSPS) is 10.4. The van der Waals surface area contributed by atoms with Crippen LogP contribution in [-0.2, 0) is 11.3 Å². The number of nitrogens with two attached hydrogens (primary N) is 1. The van der Waals surface area contributed by atoms with Crippen molar-refractivity contribution in [3.63, 3.8) is 0 Å². The Morgan fingerprint density at radius 2 is 2.05 bits per heavy atom. The highest BCUT2D eigenvalue weighted by atomic mass is 35.5. The predicted molar refractivity (Wildman–Crippen MR) is 85.6 cm³/mol. The first kappa shape index (κ1) is 15.4. The molecule has 0 fully saturated rings. The summed E-state index contributed by atoms with van der Waals surface area (Å²) in [6, 6.07) is 12.3. The molecule has 0 saturated carbocycles. The summed E-state index contributed by atoms with van der Waals surface area (Å²) in [5.41, 5.74) is 8.21. The van der Waals surface area contributed by atoms with Crippen molar-refractivity contribution < 1.29 is 9.53 Å². The quantitative estimate of drug-likeness (QED) is 0.828. The topological polar surface area (TPSA) is 64.3 Å². The maximum absolute atomic E-state index is 12.3. The van der Waals surface area contributed by atoms with Gasteiger partial charge in [-0.15, -0.1) is 0 Å². The molecule has 0 atom stereocenters. The van der Waals surface area contributed by atoms with Gasteiger partial charge in [-0.2, -0.15) is 0 Å². The summed E-state index contributed by atoms with van der Waals surface area (Å²) in [4.78, 5) is 12.3. The Balaban J connectivity index is 2.19. The lowest BCUT2D eigenvalue weighted by Gasteiger charge is -2.11. The number of ether oxygens (including phenoxy) is 1. The van der Waals surface area contributed by atoms with Gasteiger partial charge >= 0.3 is 0 Å². The molecule has 0 saturated heterocycles. The van der Waals surface area contributed by atoms with E-state index in [4.69, 9.17) is 22.1 Å². The number of carbonyl (C=O) groups excluding carboxylic acids is 1. The molecule has 2 rings (SSSR count). The molecule has 2 aromatic carbocycles. The van der Waals surface area contributed by atoms with Crippen LogP contribution in [0.1, 0.15) is 22.8 Å². The van der Waals surface area contributed by atoms with Gasteiger partial charge in [-0.05, 0) is 31.2 Å². The van der Waals surface area contributed by atoms with Crippen LogP contribution >= 0.6 is 11.6 Å². The Morgan fingerprint density at radius 1 is 1.29 bits per heavy atom. The summed E-state index contributed by atoms with van der Waals surface area (Å²) in [7, 11) is 0. The zero-order valence-electron chi connectivity index (χ0n) is 11.7. The highest BCUT2D eigenvalue weighted by Gasteiger charge is 2.10. The summed E-state index contributed by atoms with van der Waals surface area (Å²) in [5.74, 6) is -0.256. The molecule has 0 aliphatic heterocycles. The molecule has 0 unspecified atom stereocenters. The molecule has 0 heterocycles. The number of hydrogen-bond donors (Lipinski definition) is 2. The standard InChI is InChI=1S/C16H17ClN2O2/c1-2-21-10-11-5-3-4-6-15(11)19-16(20)12-7-13(17)9-14(18)8-12/h3-9H,2,10,18H2,1H3,(H,19,20). The summed E-state index contributed by atoms with van der Waals surface area (Å²) in [6.07, 6.45) is 0. The SMILES string of the molecule is CCOCc1ccccc1NC(=O)c1cc(N)cc(Cl)c1. The lowest BCUT2D eigenvalue weighted by molar-refractivity contribution is 0.102. The van der Waals surface area contributed by atoms with Crippen LogP contribution in [0.3, 0.4) is 0 Å². The number of anilines is 2. The predicted octanol–water partition coefficient (Wildman–Crippen LogP) is 3.71. The van der Waals surface area contributed by atoms with Gasteiger partial charge in [0, 0.05) is 34.1 Å².